The van der Waals surface area contributed by atoms with Crippen LogP contribution in [0.15, 0.2) is 36.4 Å². The Kier molecular flexibility index (Phi) is 7.04. The number of amides is 1. The Morgan fingerprint density at radius 3 is 2.38 bits per heavy atom. The highest BCUT2D eigenvalue weighted by Gasteiger charge is 2.09. The van der Waals surface area contributed by atoms with E-state index in [0.717, 1.165) is 12.2 Å². The SMILES string of the molecule is CCOC(=O)c1ccc(Nc2ccc(C(=O)NCCN(C)C)nn2)cc1. The lowest BCUT2D eigenvalue weighted by Crippen LogP contribution is -2.31. The summed E-state index contributed by atoms with van der Waals surface area (Å²) in [7, 11) is 3.87. The fourth-order valence-corrected chi connectivity index (χ4v) is 2.06. The Balaban J connectivity index is 1.92. The molecule has 0 radical (unpaired) electrons. The third-order valence-electron chi connectivity index (χ3n) is 3.41. The molecule has 1 amide bonds. The van der Waals surface area contributed by atoms with Crippen LogP contribution in [0.1, 0.15) is 27.8 Å². The van der Waals surface area contributed by atoms with Crippen molar-refractivity contribution >= 4 is 23.4 Å². The highest BCUT2D eigenvalue weighted by molar-refractivity contribution is 5.92. The Morgan fingerprint density at radius 2 is 1.81 bits per heavy atom. The van der Waals surface area contributed by atoms with Gasteiger partial charge in [-0.1, -0.05) is 0 Å². The maximum Gasteiger partial charge on any atom is 0.338 e. The van der Waals surface area contributed by atoms with E-state index in [4.69, 9.17) is 4.74 Å². The van der Waals surface area contributed by atoms with Gasteiger partial charge < -0.3 is 20.3 Å². The lowest BCUT2D eigenvalue weighted by molar-refractivity contribution is 0.0526. The number of aromatic nitrogens is 2. The number of hydrogen-bond acceptors (Lipinski definition) is 7. The number of likely N-dealkylation sites (N-methyl/N-ethyl adjacent to an activating group) is 1. The maximum absolute atomic E-state index is 12.0. The van der Waals surface area contributed by atoms with E-state index < -0.39 is 0 Å². The zero-order valence-electron chi connectivity index (χ0n) is 15.2. The Hall–Kier alpha value is -3.00. The van der Waals surface area contributed by atoms with E-state index in [0.29, 0.717) is 24.5 Å². The maximum atomic E-state index is 12.0. The van der Waals surface area contributed by atoms with Gasteiger partial charge in [0, 0.05) is 18.8 Å². The van der Waals surface area contributed by atoms with Crippen molar-refractivity contribution in [2.24, 2.45) is 0 Å². The van der Waals surface area contributed by atoms with Crippen molar-refractivity contribution in [3.8, 4) is 0 Å². The summed E-state index contributed by atoms with van der Waals surface area (Å²) >= 11 is 0. The minimum absolute atomic E-state index is 0.256. The summed E-state index contributed by atoms with van der Waals surface area (Å²) in [5.41, 5.74) is 1.48. The smallest absolute Gasteiger partial charge is 0.338 e. The van der Waals surface area contributed by atoms with E-state index in [9.17, 15) is 9.59 Å². The first-order valence-corrected chi connectivity index (χ1v) is 8.30. The second-order valence-electron chi connectivity index (χ2n) is 5.79. The molecule has 2 rings (SSSR count). The average Bonchev–Trinajstić information content (AvgIpc) is 2.63. The van der Waals surface area contributed by atoms with Gasteiger partial charge in [-0.05, 0) is 57.4 Å². The number of benzene rings is 1. The molecule has 0 atom stereocenters. The van der Waals surface area contributed by atoms with Crippen molar-refractivity contribution in [2.75, 3.05) is 39.1 Å². The number of anilines is 2. The third kappa shape index (κ3) is 5.82. The monoisotopic (exact) mass is 357 g/mol. The lowest BCUT2D eigenvalue weighted by atomic mass is 10.2. The molecule has 0 aliphatic heterocycles. The summed E-state index contributed by atoms with van der Waals surface area (Å²) in [6, 6.07) is 10.1. The zero-order valence-corrected chi connectivity index (χ0v) is 15.2. The van der Waals surface area contributed by atoms with Gasteiger partial charge in [0.15, 0.2) is 11.5 Å². The summed E-state index contributed by atoms with van der Waals surface area (Å²) in [6.07, 6.45) is 0. The number of carbonyl (C=O) groups excluding carboxylic acids is 2. The number of rotatable bonds is 8. The predicted octanol–water partition coefficient (Wildman–Crippen LogP) is 1.69. The fourth-order valence-electron chi connectivity index (χ4n) is 2.06. The number of hydrogen-bond donors (Lipinski definition) is 2. The van der Waals surface area contributed by atoms with Crippen molar-refractivity contribution in [3.63, 3.8) is 0 Å². The zero-order chi connectivity index (χ0) is 18.9. The molecule has 0 saturated carbocycles. The van der Waals surface area contributed by atoms with E-state index >= 15 is 0 Å². The molecule has 2 aromatic rings. The van der Waals surface area contributed by atoms with E-state index in [1.165, 1.54) is 0 Å². The van der Waals surface area contributed by atoms with E-state index in [-0.39, 0.29) is 17.6 Å². The fraction of sp³-hybridized carbons (Fsp3) is 0.333. The van der Waals surface area contributed by atoms with E-state index in [1.54, 1.807) is 43.3 Å². The van der Waals surface area contributed by atoms with E-state index in [2.05, 4.69) is 20.8 Å². The first-order valence-electron chi connectivity index (χ1n) is 8.30. The Morgan fingerprint density at radius 1 is 1.08 bits per heavy atom. The van der Waals surface area contributed by atoms with Crippen LogP contribution in [0.25, 0.3) is 0 Å². The van der Waals surface area contributed by atoms with Gasteiger partial charge in [-0.15, -0.1) is 10.2 Å². The molecule has 0 aliphatic rings. The Bertz CT molecular complexity index is 729. The van der Waals surface area contributed by atoms with Crippen molar-refractivity contribution in [2.45, 2.75) is 6.92 Å². The van der Waals surface area contributed by atoms with Crippen molar-refractivity contribution in [1.82, 2.24) is 20.4 Å². The van der Waals surface area contributed by atoms with Gasteiger partial charge in [0.2, 0.25) is 0 Å². The van der Waals surface area contributed by atoms with Crippen LogP contribution in [0.5, 0.6) is 0 Å². The molecule has 2 N–H and O–H groups in total. The molecule has 138 valence electrons. The molecule has 0 saturated heterocycles. The van der Waals surface area contributed by atoms with Crippen LogP contribution in [0.3, 0.4) is 0 Å². The average molecular weight is 357 g/mol. The van der Waals surface area contributed by atoms with Crippen LogP contribution in [-0.2, 0) is 4.74 Å². The lowest BCUT2D eigenvalue weighted by Gasteiger charge is -2.10. The highest BCUT2D eigenvalue weighted by Crippen LogP contribution is 2.15. The number of ether oxygens (including phenoxy) is 1. The minimum Gasteiger partial charge on any atom is -0.462 e. The predicted molar refractivity (Wildman–Crippen MR) is 98.6 cm³/mol. The van der Waals surface area contributed by atoms with Gasteiger partial charge in [0.1, 0.15) is 0 Å². The molecule has 26 heavy (non-hydrogen) atoms. The topological polar surface area (TPSA) is 96.4 Å². The summed E-state index contributed by atoms with van der Waals surface area (Å²) in [4.78, 5) is 25.6. The van der Waals surface area contributed by atoms with Crippen LogP contribution >= 0.6 is 0 Å². The molecule has 1 aromatic heterocycles. The van der Waals surface area contributed by atoms with Gasteiger partial charge in [-0.25, -0.2) is 4.79 Å². The first-order chi connectivity index (χ1) is 12.5. The van der Waals surface area contributed by atoms with Gasteiger partial charge in [0.05, 0.1) is 12.2 Å². The quantitative estimate of drug-likeness (QED) is 0.694. The van der Waals surface area contributed by atoms with Crippen LogP contribution in [0.2, 0.25) is 0 Å². The normalized spacial score (nSPS) is 10.5. The van der Waals surface area contributed by atoms with Gasteiger partial charge in [-0.2, -0.15) is 0 Å². The number of nitrogens with zero attached hydrogens (tertiary/aromatic N) is 3. The van der Waals surface area contributed by atoms with Crippen LogP contribution in [0, 0.1) is 0 Å². The number of carbonyl (C=O) groups is 2. The minimum atomic E-state index is -0.358. The molecular formula is C18H23N5O3. The molecular weight excluding hydrogens is 334 g/mol. The van der Waals surface area contributed by atoms with Gasteiger partial charge in [-0.3, -0.25) is 4.79 Å². The largest absolute Gasteiger partial charge is 0.462 e. The van der Waals surface area contributed by atoms with Crippen LogP contribution in [0.4, 0.5) is 11.5 Å². The molecule has 0 bridgehead atoms. The van der Waals surface area contributed by atoms with Crippen molar-refractivity contribution in [3.05, 3.63) is 47.7 Å². The second kappa shape index (κ2) is 9.47. The van der Waals surface area contributed by atoms with Crippen molar-refractivity contribution in [1.29, 1.82) is 0 Å². The van der Waals surface area contributed by atoms with Crippen molar-refractivity contribution < 1.29 is 14.3 Å². The summed E-state index contributed by atoms with van der Waals surface area (Å²) in [5, 5.41) is 13.8. The number of esters is 1. The second-order valence-corrected chi connectivity index (χ2v) is 5.79. The molecule has 1 heterocycles. The molecule has 8 heteroatoms. The molecule has 8 nitrogen and oxygen atoms in total. The summed E-state index contributed by atoms with van der Waals surface area (Å²) in [6.45, 7) is 3.39. The highest BCUT2D eigenvalue weighted by atomic mass is 16.5. The molecule has 0 aliphatic carbocycles. The summed E-state index contributed by atoms with van der Waals surface area (Å²) < 4.78 is 4.94. The standard InChI is InChI=1S/C18H23N5O3/c1-4-26-18(25)13-5-7-14(8-6-13)20-16-10-9-15(21-22-16)17(24)19-11-12-23(2)3/h5-10H,4,11-12H2,1-3H3,(H,19,24)(H,20,22). The van der Waals surface area contributed by atoms with Gasteiger partial charge in [0.25, 0.3) is 5.91 Å². The van der Waals surface area contributed by atoms with Gasteiger partial charge >= 0.3 is 5.97 Å². The summed E-state index contributed by atoms with van der Waals surface area (Å²) in [5.74, 6) is -0.119. The van der Waals surface area contributed by atoms with E-state index in [1.807, 2.05) is 19.0 Å². The molecule has 0 spiro atoms. The molecule has 1 aromatic carbocycles. The van der Waals surface area contributed by atoms with Crippen LogP contribution in [-0.4, -0.2) is 60.8 Å². The Labute approximate surface area is 152 Å². The number of nitrogens with one attached hydrogen (secondary N) is 2. The molecule has 0 fully saturated rings. The van der Waals surface area contributed by atoms with Crippen LogP contribution < -0.4 is 10.6 Å². The molecule has 0 unspecified atom stereocenters. The first kappa shape index (κ1) is 19.3. The third-order valence-corrected chi connectivity index (χ3v) is 3.41.